The Labute approximate surface area is 251 Å². The molecule has 6 rings (SSSR count). The molecule has 230 valence electrons. The highest BCUT2D eigenvalue weighted by atomic mass is 32.2. The maximum absolute atomic E-state index is 14.5. The second-order valence-corrected chi connectivity index (χ2v) is 13.4. The van der Waals surface area contributed by atoms with E-state index >= 15 is 0 Å². The van der Waals surface area contributed by atoms with E-state index in [4.69, 9.17) is 0 Å². The number of aryl methyl sites for hydroxylation is 2. The van der Waals surface area contributed by atoms with Crippen molar-refractivity contribution in [2.75, 3.05) is 6.54 Å². The van der Waals surface area contributed by atoms with Crippen molar-refractivity contribution in [2.24, 2.45) is 12.5 Å². The van der Waals surface area contributed by atoms with Gasteiger partial charge in [-0.1, -0.05) is 5.57 Å². The van der Waals surface area contributed by atoms with Gasteiger partial charge in [0.25, 0.3) is 0 Å². The van der Waals surface area contributed by atoms with E-state index in [-0.39, 0.29) is 48.1 Å². The number of carbonyl (C=O) groups is 1. The third-order valence-corrected chi connectivity index (χ3v) is 10.2. The minimum Gasteiger partial charge on any atom is -0.299 e. The summed E-state index contributed by atoms with van der Waals surface area (Å²) in [6, 6.07) is 8.34. The molecule has 0 bridgehead atoms. The molecule has 0 spiro atoms. The van der Waals surface area contributed by atoms with Gasteiger partial charge in [0.2, 0.25) is 5.16 Å². The van der Waals surface area contributed by atoms with Crippen LogP contribution in [0.4, 0.5) is 17.6 Å². The van der Waals surface area contributed by atoms with Crippen LogP contribution < -0.4 is 0 Å². The molecule has 1 saturated carbocycles. The molecule has 0 N–H and O–H groups in total. The number of aromatic nitrogens is 6. The number of pyridine rings is 1. The van der Waals surface area contributed by atoms with Gasteiger partial charge in [0, 0.05) is 31.4 Å². The summed E-state index contributed by atoms with van der Waals surface area (Å²) >= 11 is 0. The first-order valence-electron chi connectivity index (χ1n) is 13.8. The highest BCUT2D eigenvalue weighted by molar-refractivity contribution is 7.98. The summed E-state index contributed by atoms with van der Waals surface area (Å²) in [6.07, 6.45) is 1.93. The molecule has 2 aliphatic carbocycles. The maximum atomic E-state index is 14.5. The number of halogens is 4. The molecule has 1 fully saturated rings. The van der Waals surface area contributed by atoms with Crippen molar-refractivity contribution in [1.82, 2.24) is 33.6 Å². The molecule has 0 aliphatic heterocycles. The van der Waals surface area contributed by atoms with Gasteiger partial charge < -0.3 is 0 Å². The van der Waals surface area contributed by atoms with Gasteiger partial charge in [0.05, 0.1) is 32.8 Å². The van der Waals surface area contributed by atoms with Crippen LogP contribution in [-0.4, -0.2) is 68.2 Å². The fraction of sp³-hybridized carbons (Fsp3) is 0.333. The number of carbonyl (C=O) groups excluding carboxylic acids is 1. The molecule has 4 aromatic rings. The monoisotopic (exact) mass is 627 g/mol. The van der Waals surface area contributed by atoms with Gasteiger partial charge in [-0.05, 0) is 80.1 Å². The molecular formula is C30H29F4N7O2S. The lowest BCUT2D eigenvalue weighted by atomic mass is 9.61. The van der Waals surface area contributed by atoms with Crippen molar-refractivity contribution in [3.8, 4) is 5.69 Å². The fourth-order valence-electron chi connectivity index (χ4n) is 6.23. The van der Waals surface area contributed by atoms with Crippen LogP contribution >= 0.6 is 0 Å². The molecule has 14 heteroatoms. The number of alkyl halides is 3. The third-order valence-electron chi connectivity index (χ3n) is 8.28. The van der Waals surface area contributed by atoms with Crippen LogP contribution in [0.15, 0.2) is 66.0 Å². The molecule has 2 aliphatic rings. The Hall–Kier alpha value is -4.17. The highest BCUT2D eigenvalue weighted by Crippen LogP contribution is 2.51. The lowest BCUT2D eigenvalue weighted by Gasteiger charge is -2.47. The first-order chi connectivity index (χ1) is 20.8. The zero-order valence-corrected chi connectivity index (χ0v) is 24.8. The van der Waals surface area contributed by atoms with E-state index in [0.717, 1.165) is 15.4 Å². The number of imidazole rings is 1. The molecule has 3 aromatic heterocycles. The summed E-state index contributed by atoms with van der Waals surface area (Å²) in [4.78, 5) is 27.3. The standard InChI is InChI=1S/C30H29F4N7O2S/c1-19-10-11-35-24(12-19)27(42)29-14-23(41(16-30(32,33)34)44(3,43)28-37-17-39(2)38-28)7-4-20(29)13-26-25(15-29)36-18-40(26)22-8-5-21(31)6-9-22/h5-6,8-13,17-18,23H,3-4,7,14-16H2,1-2H3/t23-,29+,44?/m0/s1. The van der Waals surface area contributed by atoms with Crippen LogP contribution in [-0.2, 0) is 23.2 Å². The van der Waals surface area contributed by atoms with Crippen LogP contribution in [0.1, 0.15) is 46.7 Å². The minimum atomic E-state index is -4.71. The molecule has 9 nitrogen and oxygen atoms in total. The van der Waals surface area contributed by atoms with E-state index < -0.39 is 33.9 Å². The van der Waals surface area contributed by atoms with E-state index in [1.54, 1.807) is 35.2 Å². The van der Waals surface area contributed by atoms with Crippen LogP contribution in [0.3, 0.4) is 0 Å². The summed E-state index contributed by atoms with van der Waals surface area (Å²) in [5.74, 6) is 2.96. The Bertz CT molecular complexity index is 1880. The van der Waals surface area contributed by atoms with Crippen LogP contribution in [0.2, 0.25) is 0 Å². The Morgan fingerprint density at radius 2 is 1.91 bits per heavy atom. The smallest absolute Gasteiger partial charge is 0.299 e. The number of nitrogens with zero attached hydrogens (tertiary/aromatic N) is 7. The number of rotatable bonds is 7. The molecule has 44 heavy (non-hydrogen) atoms. The molecular weight excluding hydrogens is 598 g/mol. The van der Waals surface area contributed by atoms with Crippen LogP contribution in [0, 0.1) is 18.2 Å². The number of allylic oxidation sites excluding steroid dienone is 1. The van der Waals surface area contributed by atoms with Crippen molar-refractivity contribution in [3.63, 3.8) is 0 Å². The first-order valence-corrected chi connectivity index (χ1v) is 15.5. The zero-order valence-electron chi connectivity index (χ0n) is 24.0. The van der Waals surface area contributed by atoms with E-state index in [0.29, 0.717) is 17.1 Å². The average molecular weight is 628 g/mol. The van der Waals surface area contributed by atoms with Gasteiger partial charge in [0.1, 0.15) is 24.4 Å². The number of hydrogen-bond donors (Lipinski definition) is 0. The second kappa shape index (κ2) is 10.8. The Morgan fingerprint density at radius 1 is 1.16 bits per heavy atom. The Kier molecular flexibility index (Phi) is 7.31. The zero-order chi connectivity index (χ0) is 31.4. The minimum absolute atomic E-state index is 0.0778. The lowest BCUT2D eigenvalue weighted by Crippen LogP contribution is -2.53. The van der Waals surface area contributed by atoms with Gasteiger partial charge >= 0.3 is 6.18 Å². The third kappa shape index (κ3) is 5.36. The average Bonchev–Trinajstić information content (AvgIpc) is 3.60. The summed E-state index contributed by atoms with van der Waals surface area (Å²) in [6.45, 7) is 0.303. The van der Waals surface area contributed by atoms with Crippen LogP contribution in [0.5, 0.6) is 0 Å². The van der Waals surface area contributed by atoms with Gasteiger partial charge in [-0.3, -0.25) is 19.0 Å². The number of ketones is 1. The SMILES string of the molecule is C=S(=O)(c1ncn(C)n1)N(CC(F)(F)F)[C@H]1CCC2=Cc3c(ncn3-c3ccc(F)cc3)C[C@]2(C(=O)c2cc(C)ccn2)C1. The summed E-state index contributed by atoms with van der Waals surface area (Å²) in [5, 5.41) is 3.71. The quantitative estimate of drug-likeness (QED) is 0.167. The van der Waals surface area contributed by atoms with Gasteiger partial charge in [-0.15, -0.1) is 5.10 Å². The maximum Gasteiger partial charge on any atom is 0.402 e. The number of Topliss-reactive ketones (excluding diaryl/α,β-unsaturated/α-hetero) is 1. The van der Waals surface area contributed by atoms with Crippen molar-refractivity contribution in [1.29, 1.82) is 0 Å². The molecule has 0 radical (unpaired) electrons. The number of hydrogen-bond acceptors (Lipinski definition) is 6. The van der Waals surface area contributed by atoms with E-state index in [1.165, 1.54) is 36.4 Å². The molecule has 1 unspecified atom stereocenters. The second-order valence-electron chi connectivity index (χ2n) is 11.3. The van der Waals surface area contributed by atoms with Crippen molar-refractivity contribution in [3.05, 3.63) is 89.3 Å². The highest BCUT2D eigenvalue weighted by Gasteiger charge is 2.52. The molecule has 3 heterocycles. The largest absolute Gasteiger partial charge is 0.402 e. The first kappa shape index (κ1) is 29.9. The van der Waals surface area contributed by atoms with Crippen molar-refractivity contribution in [2.45, 2.75) is 50.0 Å². The molecule has 1 aromatic carbocycles. The summed E-state index contributed by atoms with van der Waals surface area (Å²) in [5.41, 5.74) is 2.32. The van der Waals surface area contributed by atoms with E-state index in [1.807, 2.05) is 13.0 Å². The van der Waals surface area contributed by atoms with Gasteiger partial charge in [-0.25, -0.2) is 22.9 Å². The van der Waals surface area contributed by atoms with E-state index in [2.05, 4.69) is 25.9 Å². The lowest BCUT2D eigenvalue weighted by molar-refractivity contribution is -0.140. The summed E-state index contributed by atoms with van der Waals surface area (Å²) in [7, 11) is -2.28. The predicted octanol–water partition coefficient (Wildman–Crippen LogP) is 4.76. The summed E-state index contributed by atoms with van der Waals surface area (Å²) < 4.78 is 73.6. The molecule has 0 saturated heterocycles. The molecule has 3 atom stereocenters. The predicted molar refractivity (Wildman–Crippen MR) is 156 cm³/mol. The van der Waals surface area contributed by atoms with Gasteiger partial charge in [-0.2, -0.15) is 13.2 Å². The van der Waals surface area contributed by atoms with E-state index in [9.17, 15) is 26.6 Å². The van der Waals surface area contributed by atoms with Crippen molar-refractivity contribution >= 4 is 27.4 Å². The fourth-order valence-corrected chi connectivity index (χ4v) is 7.92. The van der Waals surface area contributed by atoms with Crippen molar-refractivity contribution < 1.29 is 26.6 Å². The normalized spacial score (nSPS) is 21.3. The number of benzene rings is 1. The number of fused-ring (bicyclic) bond motifs is 2. The topological polar surface area (TPSA) is 98.8 Å². The molecule has 0 amide bonds. The van der Waals surface area contributed by atoms with Gasteiger partial charge in [0.15, 0.2) is 5.78 Å². The Morgan fingerprint density at radius 3 is 2.57 bits per heavy atom. The Balaban J connectivity index is 1.46. The van der Waals surface area contributed by atoms with Crippen LogP contribution in [0.25, 0.3) is 11.8 Å².